The van der Waals surface area contributed by atoms with E-state index in [2.05, 4.69) is 32.4 Å². The highest BCUT2D eigenvalue weighted by atomic mass is 16.5. The molecule has 0 aromatic carbocycles. The van der Waals surface area contributed by atoms with Crippen molar-refractivity contribution in [2.24, 2.45) is 5.92 Å². The van der Waals surface area contributed by atoms with Gasteiger partial charge in [0.15, 0.2) is 5.82 Å². The molecular weight excluding hydrogens is 330 g/mol. The van der Waals surface area contributed by atoms with Gasteiger partial charge >= 0.3 is 0 Å². The third kappa shape index (κ3) is 3.83. The molecule has 142 valence electrons. The van der Waals surface area contributed by atoms with E-state index in [0.29, 0.717) is 12.0 Å². The predicted molar refractivity (Wildman–Crippen MR) is 99.0 cm³/mol. The molecule has 1 amide bonds. The molecule has 0 aliphatic carbocycles. The molecule has 3 aliphatic rings. The number of nitrogens with zero attached hydrogens (tertiary/aromatic N) is 4. The molecule has 3 saturated heterocycles. The number of aromatic nitrogens is 2. The Bertz CT molecular complexity index is 629. The van der Waals surface area contributed by atoms with Crippen molar-refractivity contribution < 1.29 is 9.53 Å². The molecule has 3 atom stereocenters. The summed E-state index contributed by atoms with van der Waals surface area (Å²) in [6, 6.07) is 4.30. The fourth-order valence-corrected chi connectivity index (χ4v) is 4.31. The number of ether oxygens (including phenoxy) is 1. The van der Waals surface area contributed by atoms with E-state index in [-0.39, 0.29) is 18.1 Å². The number of anilines is 1. The fraction of sp³-hybridized carbons (Fsp3) is 0.737. The number of carbonyl (C=O) groups is 1. The van der Waals surface area contributed by atoms with E-state index in [1.807, 2.05) is 19.1 Å². The molecular formula is C19H29N5O2. The summed E-state index contributed by atoms with van der Waals surface area (Å²) in [6.45, 7) is 5.78. The van der Waals surface area contributed by atoms with Crippen molar-refractivity contribution in [3.63, 3.8) is 0 Å². The number of hydrogen-bond donors (Lipinski definition) is 1. The summed E-state index contributed by atoms with van der Waals surface area (Å²) in [5.74, 6) is 1.45. The maximum Gasteiger partial charge on any atom is 0.249 e. The van der Waals surface area contributed by atoms with Crippen molar-refractivity contribution >= 4 is 11.7 Å². The second-order valence-corrected chi connectivity index (χ2v) is 8.01. The average molecular weight is 359 g/mol. The van der Waals surface area contributed by atoms with Gasteiger partial charge in [0.2, 0.25) is 5.91 Å². The normalized spacial score (nSPS) is 30.2. The molecule has 4 heterocycles. The van der Waals surface area contributed by atoms with Crippen molar-refractivity contribution in [3.8, 4) is 0 Å². The molecule has 0 unspecified atom stereocenters. The number of hydrogen-bond acceptors (Lipinski definition) is 6. The van der Waals surface area contributed by atoms with Crippen LogP contribution in [0.15, 0.2) is 12.1 Å². The summed E-state index contributed by atoms with van der Waals surface area (Å²) in [5.41, 5.74) is 0.923. The molecule has 0 spiro atoms. The van der Waals surface area contributed by atoms with Crippen LogP contribution in [0.3, 0.4) is 0 Å². The van der Waals surface area contributed by atoms with Crippen LogP contribution in [0.4, 0.5) is 5.82 Å². The van der Waals surface area contributed by atoms with E-state index >= 15 is 0 Å². The summed E-state index contributed by atoms with van der Waals surface area (Å²) in [5, 5.41) is 11.7. The highest BCUT2D eigenvalue weighted by molar-refractivity contribution is 5.81. The second-order valence-electron chi connectivity index (χ2n) is 8.01. The van der Waals surface area contributed by atoms with Gasteiger partial charge in [0.1, 0.15) is 6.10 Å². The molecule has 4 rings (SSSR count). The van der Waals surface area contributed by atoms with E-state index in [4.69, 9.17) is 4.74 Å². The molecule has 0 bridgehead atoms. The van der Waals surface area contributed by atoms with E-state index in [1.165, 1.54) is 0 Å². The third-order valence-corrected chi connectivity index (χ3v) is 6.02. The average Bonchev–Trinajstić information content (AvgIpc) is 3.08. The van der Waals surface area contributed by atoms with Crippen molar-refractivity contribution in [2.75, 3.05) is 38.1 Å². The van der Waals surface area contributed by atoms with Crippen LogP contribution in [0.5, 0.6) is 0 Å². The van der Waals surface area contributed by atoms with Crippen LogP contribution in [-0.4, -0.2) is 72.5 Å². The molecule has 1 N–H and O–H groups in total. The standard InChI is InChI=1S/C19H29N5O2/c1-13-3-4-18(22-21-13)24-10-5-14-11-16(26-17(14)12-24)19(25)20-15-6-8-23(2)9-7-15/h3-4,14-17H,5-12H2,1-2H3,(H,20,25)/t14-,16+,17-/m1/s1. The van der Waals surface area contributed by atoms with Crippen molar-refractivity contribution in [1.29, 1.82) is 0 Å². The van der Waals surface area contributed by atoms with Crippen molar-refractivity contribution in [2.45, 2.75) is 50.9 Å². The van der Waals surface area contributed by atoms with Gasteiger partial charge in [-0.2, -0.15) is 5.10 Å². The molecule has 7 heteroatoms. The Morgan fingerprint density at radius 2 is 2.00 bits per heavy atom. The van der Waals surface area contributed by atoms with E-state index < -0.39 is 0 Å². The van der Waals surface area contributed by atoms with Crippen LogP contribution in [0.1, 0.15) is 31.4 Å². The predicted octanol–water partition coefficient (Wildman–Crippen LogP) is 0.979. The van der Waals surface area contributed by atoms with Gasteiger partial charge in [-0.15, -0.1) is 5.10 Å². The van der Waals surface area contributed by atoms with Crippen LogP contribution in [0.2, 0.25) is 0 Å². The summed E-state index contributed by atoms with van der Waals surface area (Å²) in [4.78, 5) is 17.2. The molecule has 1 aromatic heterocycles. The zero-order valence-electron chi connectivity index (χ0n) is 15.7. The zero-order chi connectivity index (χ0) is 18.1. The van der Waals surface area contributed by atoms with Gasteiger partial charge in [0.05, 0.1) is 11.8 Å². The van der Waals surface area contributed by atoms with Gasteiger partial charge < -0.3 is 19.9 Å². The third-order valence-electron chi connectivity index (χ3n) is 6.02. The number of amides is 1. The number of aryl methyl sites for hydroxylation is 1. The maximum atomic E-state index is 12.6. The van der Waals surface area contributed by atoms with Gasteiger partial charge in [0.25, 0.3) is 0 Å². The number of nitrogens with one attached hydrogen (secondary N) is 1. The van der Waals surface area contributed by atoms with E-state index in [0.717, 1.165) is 63.4 Å². The van der Waals surface area contributed by atoms with Gasteiger partial charge in [-0.1, -0.05) is 0 Å². The molecule has 3 aliphatic heterocycles. The molecule has 26 heavy (non-hydrogen) atoms. The van der Waals surface area contributed by atoms with Gasteiger partial charge in [-0.25, -0.2) is 0 Å². The number of carbonyl (C=O) groups excluding carboxylic acids is 1. The zero-order valence-corrected chi connectivity index (χ0v) is 15.7. The lowest BCUT2D eigenvalue weighted by molar-refractivity contribution is -0.133. The topological polar surface area (TPSA) is 70.6 Å². The lowest BCUT2D eigenvalue weighted by atomic mass is 9.91. The minimum absolute atomic E-state index is 0.0793. The Kier molecular flexibility index (Phi) is 5.09. The molecule has 0 radical (unpaired) electrons. The first kappa shape index (κ1) is 17.7. The number of rotatable bonds is 3. The van der Waals surface area contributed by atoms with Crippen LogP contribution in [0.25, 0.3) is 0 Å². The van der Waals surface area contributed by atoms with Gasteiger partial charge in [-0.3, -0.25) is 4.79 Å². The van der Waals surface area contributed by atoms with Crippen molar-refractivity contribution in [1.82, 2.24) is 20.4 Å². The molecule has 0 saturated carbocycles. The summed E-state index contributed by atoms with van der Waals surface area (Å²) in [6.07, 6.45) is 3.76. The lowest BCUT2D eigenvalue weighted by Crippen LogP contribution is -2.47. The second kappa shape index (κ2) is 7.48. The minimum Gasteiger partial charge on any atom is -0.363 e. The smallest absolute Gasteiger partial charge is 0.249 e. The largest absolute Gasteiger partial charge is 0.363 e. The molecule has 3 fully saturated rings. The highest BCUT2D eigenvalue weighted by Gasteiger charge is 2.42. The van der Waals surface area contributed by atoms with Crippen LogP contribution >= 0.6 is 0 Å². The van der Waals surface area contributed by atoms with E-state index in [9.17, 15) is 4.79 Å². The molecule has 1 aromatic rings. The first-order valence-electron chi connectivity index (χ1n) is 9.78. The summed E-state index contributed by atoms with van der Waals surface area (Å²) >= 11 is 0. The van der Waals surface area contributed by atoms with Gasteiger partial charge in [-0.05, 0) is 70.8 Å². The van der Waals surface area contributed by atoms with Crippen LogP contribution < -0.4 is 10.2 Å². The number of fused-ring (bicyclic) bond motifs is 1. The SMILES string of the molecule is Cc1ccc(N2CC[C@@H]3C[C@@H](C(=O)NC4CCN(C)CC4)O[C@@H]3C2)nn1. The quantitative estimate of drug-likeness (QED) is 0.868. The van der Waals surface area contributed by atoms with E-state index in [1.54, 1.807) is 0 Å². The minimum atomic E-state index is -0.297. The highest BCUT2D eigenvalue weighted by Crippen LogP contribution is 2.34. The first-order chi connectivity index (χ1) is 12.6. The molecule has 7 nitrogen and oxygen atoms in total. The van der Waals surface area contributed by atoms with Crippen LogP contribution in [-0.2, 0) is 9.53 Å². The number of likely N-dealkylation sites (tertiary alicyclic amines) is 1. The number of piperidine rings is 2. The Balaban J connectivity index is 1.31. The maximum absolute atomic E-state index is 12.6. The van der Waals surface area contributed by atoms with Gasteiger partial charge in [0, 0.05) is 19.1 Å². The summed E-state index contributed by atoms with van der Waals surface area (Å²) < 4.78 is 6.15. The fourth-order valence-electron chi connectivity index (χ4n) is 4.31. The Morgan fingerprint density at radius 1 is 1.19 bits per heavy atom. The summed E-state index contributed by atoms with van der Waals surface area (Å²) in [7, 11) is 2.13. The monoisotopic (exact) mass is 359 g/mol. The van der Waals surface area contributed by atoms with Crippen LogP contribution in [0, 0.1) is 12.8 Å². The Morgan fingerprint density at radius 3 is 2.73 bits per heavy atom. The van der Waals surface area contributed by atoms with Crippen molar-refractivity contribution in [3.05, 3.63) is 17.8 Å². The Labute approximate surface area is 155 Å². The first-order valence-corrected chi connectivity index (χ1v) is 9.78. The lowest BCUT2D eigenvalue weighted by Gasteiger charge is -2.34. The Hall–Kier alpha value is -1.73.